The molecule has 0 spiro atoms. The van der Waals surface area contributed by atoms with E-state index in [1.165, 1.54) is 42.4 Å². The van der Waals surface area contributed by atoms with Gasteiger partial charge in [0.05, 0.1) is 0 Å². The number of hydrogen-bond donors (Lipinski definition) is 0. The SMILES string of the molecule is CCCCCC.Cc1ccc(C)c(C)c1. The highest BCUT2D eigenvalue weighted by molar-refractivity contribution is 5.28. The minimum absolute atomic E-state index is 1.35. The summed E-state index contributed by atoms with van der Waals surface area (Å²) in [6.07, 6.45) is 5.54. The van der Waals surface area contributed by atoms with Crippen LogP contribution in [0.15, 0.2) is 18.2 Å². The molecule has 0 aliphatic rings. The van der Waals surface area contributed by atoms with Crippen molar-refractivity contribution in [2.24, 2.45) is 0 Å². The molecule has 0 heteroatoms. The van der Waals surface area contributed by atoms with Crippen molar-refractivity contribution >= 4 is 0 Å². The van der Waals surface area contributed by atoms with Gasteiger partial charge in [-0.15, -0.1) is 0 Å². The third kappa shape index (κ3) is 7.18. The van der Waals surface area contributed by atoms with Crippen LogP contribution in [0.1, 0.15) is 56.2 Å². The van der Waals surface area contributed by atoms with Gasteiger partial charge in [0.25, 0.3) is 0 Å². The van der Waals surface area contributed by atoms with E-state index in [4.69, 9.17) is 0 Å². The van der Waals surface area contributed by atoms with E-state index in [0.29, 0.717) is 0 Å². The van der Waals surface area contributed by atoms with E-state index in [2.05, 4.69) is 52.8 Å². The highest BCUT2D eigenvalue weighted by Crippen LogP contribution is 2.07. The van der Waals surface area contributed by atoms with Crippen molar-refractivity contribution in [2.45, 2.75) is 60.3 Å². The van der Waals surface area contributed by atoms with Gasteiger partial charge in [0, 0.05) is 0 Å². The zero-order valence-electron chi connectivity index (χ0n) is 11.1. The molecule has 15 heavy (non-hydrogen) atoms. The molecule has 0 nitrogen and oxygen atoms in total. The molecular weight excluding hydrogens is 180 g/mol. The van der Waals surface area contributed by atoms with E-state index in [1.807, 2.05) is 0 Å². The molecule has 1 aromatic carbocycles. The van der Waals surface area contributed by atoms with Crippen LogP contribution >= 0.6 is 0 Å². The first-order valence-corrected chi connectivity index (χ1v) is 6.15. The second-order valence-electron chi connectivity index (χ2n) is 4.29. The van der Waals surface area contributed by atoms with Crippen LogP contribution in [0.4, 0.5) is 0 Å². The first-order valence-electron chi connectivity index (χ1n) is 6.15. The number of unbranched alkanes of at least 4 members (excludes halogenated alkanes) is 3. The second kappa shape index (κ2) is 8.52. The number of hydrogen-bond acceptors (Lipinski definition) is 0. The summed E-state index contributed by atoms with van der Waals surface area (Å²) in [5, 5.41) is 0. The van der Waals surface area contributed by atoms with Crippen LogP contribution < -0.4 is 0 Å². The van der Waals surface area contributed by atoms with Gasteiger partial charge in [-0.1, -0.05) is 63.3 Å². The van der Waals surface area contributed by atoms with Crippen molar-refractivity contribution in [3.05, 3.63) is 34.9 Å². The van der Waals surface area contributed by atoms with Crippen molar-refractivity contribution in [1.82, 2.24) is 0 Å². The zero-order chi connectivity index (χ0) is 11.7. The zero-order valence-corrected chi connectivity index (χ0v) is 11.1. The first kappa shape index (κ1) is 14.2. The summed E-state index contributed by atoms with van der Waals surface area (Å²) in [4.78, 5) is 0. The van der Waals surface area contributed by atoms with E-state index in [9.17, 15) is 0 Å². The summed E-state index contributed by atoms with van der Waals surface area (Å²) in [5.74, 6) is 0. The minimum atomic E-state index is 1.35. The summed E-state index contributed by atoms with van der Waals surface area (Å²) >= 11 is 0. The maximum absolute atomic E-state index is 2.23. The molecule has 86 valence electrons. The molecule has 0 saturated heterocycles. The lowest BCUT2D eigenvalue weighted by Gasteiger charge is -1.98. The van der Waals surface area contributed by atoms with Crippen LogP contribution in [-0.4, -0.2) is 0 Å². The van der Waals surface area contributed by atoms with Crippen LogP contribution in [0.3, 0.4) is 0 Å². The molecule has 0 fully saturated rings. The van der Waals surface area contributed by atoms with Gasteiger partial charge in [0.15, 0.2) is 0 Å². The monoisotopic (exact) mass is 206 g/mol. The number of rotatable bonds is 3. The summed E-state index contributed by atoms with van der Waals surface area (Å²) < 4.78 is 0. The molecule has 0 aromatic heterocycles. The Morgan fingerprint density at radius 3 is 1.67 bits per heavy atom. The van der Waals surface area contributed by atoms with Gasteiger partial charge in [0.1, 0.15) is 0 Å². The van der Waals surface area contributed by atoms with E-state index < -0.39 is 0 Å². The first-order chi connectivity index (χ1) is 7.11. The molecule has 0 aliphatic heterocycles. The van der Waals surface area contributed by atoms with Crippen LogP contribution in [0.5, 0.6) is 0 Å². The van der Waals surface area contributed by atoms with Gasteiger partial charge in [0.2, 0.25) is 0 Å². The Morgan fingerprint density at radius 2 is 1.33 bits per heavy atom. The molecule has 0 aliphatic carbocycles. The molecule has 0 radical (unpaired) electrons. The smallest absolute Gasteiger partial charge is 0.0395 e. The van der Waals surface area contributed by atoms with Gasteiger partial charge < -0.3 is 0 Å². The molecule has 1 rings (SSSR count). The maximum atomic E-state index is 2.23. The normalized spacial score (nSPS) is 9.40. The largest absolute Gasteiger partial charge is 0.0654 e. The number of aryl methyl sites for hydroxylation is 3. The molecule has 0 unspecified atom stereocenters. The Bertz CT molecular complexity index is 257. The Balaban J connectivity index is 0.000000288. The third-order valence-electron chi connectivity index (χ3n) is 2.62. The number of benzene rings is 1. The average Bonchev–Trinajstić information content (AvgIpc) is 2.22. The molecule has 0 bridgehead atoms. The summed E-state index contributed by atoms with van der Waals surface area (Å²) in [5.41, 5.74) is 4.11. The van der Waals surface area contributed by atoms with Crippen molar-refractivity contribution < 1.29 is 0 Å². The molecule has 1 aromatic rings. The second-order valence-corrected chi connectivity index (χ2v) is 4.29. The molecule has 0 atom stereocenters. The Kier molecular flexibility index (Phi) is 8.08. The van der Waals surface area contributed by atoms with Crippen LogP contribution in [-0.2, 0) is 0 Å². The summed E-state index contributed by atoms with van der Waals surface area (Å²) in [6.45, 7) is 10.9. The Hall–Kier alpha value is -0.780. The van der Waals surface area contributed by atoms with Gasteiger partial charge in [-0.3, -0.25) is 0 Å². The van der Waals surface area contributed by atoms with Gasteiger partial charge in [-0.05, 0) is 31.9 Å². The van der Waals surface area contributed by atoms with E-state index in [1.54, 1.807) is 0 Å². The lowest BCUT2D eigenvalue weighted by Crippen LogP contribution is -1.79. The van der Waals surface area contributed by atoms with E-state index >= 15 is 0 Å². The summed E-state index contributed by atoms with van der Waals surface area (Å²) in [6, 6.07) is 6.50. The topological polar surface area (TPSA) is 0 Å². The van der Waals surface area contributed by atoms with Crippen LogP contribution in [0.25, 0.3) is 0 Å². The van der Waals surface area contributed by atoms with Gasteiger partial charge >= 0.3 is 0 Å². The standard InChI is InChI=1S/C9H12.C6H14/c1-7-4-5-8(2)9(3)6-7;1-3-5-6-4-2/h4-6H,1-3H3;3-6H2,1-2H3. The van der Waals surface area contributed by atoms with Crippen molar-refractivity contribution in [1.29, 1.82) is 0 Å². The van der Waals surface area contributed by atoms with E-state index in [0.717, 1.165) is 0 Å². The van der Waals surface area contributed by atoms with Crippen molar-refractivity contribution in [3.8, 4) is 0 Å². The fraction of sp³-hybridized carbons (Fsp3) is 0.600. The quantitative estimate of drug-likeness (QED) is 0.596. The maximum Gasteiger partial charge on any atom is -0.0395 e. The van der Waals surface area contributed by atoms with Gasteiger partial charge in [-0.2, -0.15) is 0 Å². The molecule has 0 heterocycles. The van der Waals surface area contributed by atoms with Crippen LogP contribution in [0.2, 0.25) is 0 Å². The highest BCUT2D eigenvalue weighted by atomic mass is 13.9. The predicted octanol–water partition coefficient (Wildman–Crippen LogP) is 5.20. The fourth-order valence-corrected chi connectivity index (χ4v) is 1.39. The molecule has 0 N–H and O–H groups in total. The molecular formula is C15H26. The third-order valence-corrected chi connectivity index (χ3v) is 2.62. The van der Waals surface area contributed by atoms with Crippen molar-refractivity contribution in [2.75, 3.05) is 0 Å². The fourth-order valence-electron chi connectivity index (χ4n) is 1.39. The van der Waals surface area contributed by atoms with Gasteiger partial charge in [-0.25, -0.2) is 0 Å². The van der Waals surface area contributed by atoms with Crippen LogP contribution in [0, 0.1) is 20.8 Å². The highest BCUT2D eigenvalue weighted by Gasteiger charge is 1.89. The predicted molar refractivity (Wildman–Crippen MR) is 70.5 cm³/mol. The lowest BCUT2D eigenvalue weighted by molar-refractivity contribution is 0.702. The minimum Gasteiger partial charge on any atom is -0.0654 e. The van der Waals surface area contributed by atoms with E-state index in [-0.39, 0.29) is 0 Å². The Labute approximate surface area is 95.7 Å². The Morgan fingerprint density at radius 1 is 0.800 bits per heavy atom. The molecule has 0 amide bonds. The lowest BCUT2D eigenvalue weighted by atomic mass is 10.1. The van der Waals surface area contributed by atoms with Crippen molar-refractivity contribution in [3.63, 3.8) is 0 Å². The average molecular weight is 206 g/mol. The summed E-state index contributed by atoms with van der Waals surface area (Å²) in [7, 11) is 0. The molecule has 0 saturated carbocycles.